The largest absolute Gasteiger partial charge is 0.381 e. The molecule has 4 nitrogen and oxygen atoms in total. The first-order valence-electron chi connectivity index (χ1n) is 10.8. The lowest BCUT2D eigenvalue weighted by Crippen LogP contribution is -2.69. The molecule has 0 spiro atoms. The number of halogens is 1. The lowest BCUT2D eigenvalue weighted by molar-refractivity contribution is -0.0946. The summed E-state index contributed by atoms with van der Waals surface area (Å²) in [6.07, 6.45) is 0. The summed E-state index contributed by atoms with van der Waals surface area (Å²) >= 11 is 6.20. The maximum absolute atomic E-state index is 12.7. The van der Waals surface area contributed by atoms with Crippen molar-refractivity contribution in [3.8, 4) is 6.07 Å². The second kappa shape index (κ2) is 8.55. The van der Waals surface area contributed by atoms with E-state index in [1.165, 1.54) is 5.56 Å². The fraction of sp³-hybridized carbons (Fsp3) is 0.462. The van der Waals surface area contributed by atoms with Crippen molar-refractivity contribution in [2.24, 2.45) is 16.7 Å². The van der Waals surface area contributed by atoms with Gasteiger partial charge in [0, 0.05) is 23.8 Å². The first-order valence-corrected chi connectivity index (χ1v) is 11.2. The van der Waals surface area contributed by atoms with Crippen LogP contribution in [0.5, 0.6) is 0 Å². The molecule has 1 aliphatic carbocycles. The first kappa shape index (κ1) is 23.2. The summed E-state index contributed by atoms with van der Waals surface area (Å²) in [5.74, 6) is 0.728. The number of nitriles is 1. The lowest BCUT2D eigenvalue weighted by atomic mass is 9.44. The summed E-state index contributed by atoms with van der Waals surface area (Å²) in [4.78, 5) is 12.7. The van der Waals surface area contributed by atoms with Crippen molar-refractivity contribution >= 4 is 23.2 Å². The van der Waals surface area contributed by atoms with Crippen molar-refractivity contribution in [1.82, 2.24) is 5.32 Å². The molecule has 0 heterocycles. The van der Waals surface area contributed by atoms with Gasteiger partial charge < -0.3 is 10.6 Å². The van der Waals surface area contributed by atoms with Crippen LogP contribution in [0.3, 0.4) is 0 Å². The number of amides is 1. The summed E-state index contributed by atoms with van der Waals surface area (Å²) in [6, 6.07) is 15.6. The number of nitrogens with one attached hydrogen (secondary N) is 2. The number of hydrogen-bond acceptors (Lipinski definition) is 3. The fourth-order valence-electron chi connectivity index (χ4n) is 5.30. The van der Waals surface area contributed by atoms with E-state index < -0.39 is 0 Å². The molecule has 1 fully saturated rings. The molecule has 0 aromatic heterocycles. The van der Waals surface area contributed by atoms with Crippen LogP contribution in [-0.4, -0.2) is 18.5 Å². The Morgan fingerprint density at radius 2 is 1.71 bits per heavy atom. The molecule has 2 N–H and O–H groups in total. The number of nitrogens with zero attached hydrogens (tertiary/aromatic N) is 1. The van der Waals surface area contributed by atoms with E-state index in [1.54, 1.807) is 6.07 Å². The van der Waals surface area contributed by atoms with E-state index in [-0.39, 0.29) is 22.8 Å². The van der Waals surface area contributed by atoms with Gasteiger partial charge in [-0.05, 0) is 58.6 Å². The number of rotatable bonds is 6. The highest BCUT2D eigenvalue weighted by Gasteiger charge is 2.61. The Balaban J connectivity index is 1.66. The van der Waals surface area contributed by atoms with Crippen LogP contribution in [-0.2, 0) is 0 Å². The molecule has 164 valence electrons. The molecule has 5 heteroatoms. The van der Waals surface area contributed by atoms with Gasteiger partial charge in [0.05, 0.1) is 10.6 Å². The quantitative estimate of drug-likeness (QED) is 0.563. The molecule has 3 rings (SSSR count). The Hall–Kier alpha value is -2.51. The van der Waals surface area contributed by atoms with Crippen LogP contribution >= 0.6 is 11.6 Å². The second-order valence-corrected chi connectivity index (χ2v) is 10.5. The summed E-state index contributed by atoms with van der Waals surface area (Å²) in [7, 11) is 0. The van der Waals surface area contributed by atoms with Gasteiger partial charge in [-0.3, -0.25) is 4.79 Å². The average Bonchev–Trinajstić information content (AvgIpc) is 2.71. The van der Waals surface area contributed by atoms with Gasteiger partial charge in [0.1, 0.15) is 6.07 Å². The predicted molar refractivity (Wildman–Crippen MR) is 127 cm³/mol. The third kappa shape index (κ3) is 4.43. The fourth-order valence-corrected chi connectivity index (χ4v) is 5.52. The molecule has 0 radical (unpaired) electrons. The van der Waals surface area contributed by atoms with Crippen LogP contribution in [0.4, 0.5) is 5.69 Å². The summed E-state index contributed by atoms with van der Waals surface area (Å²) in [5, 5.41) is 16.3. The third-order valence-electron chi connectivity index (χ3n) is 6.99. The van der Waals surface area contributed by atoms with Crippen molar-refractivity contribution in [2.75, 3.05) is 11.9 Å². The van der Waals surface area contributed by atoms with Gasteiger partial charge in [-0.2, -0.15) is 5.26 Å². The molecular formula is C26H32ClN3O. The van der Waals surface area contributed by atoms with Crippen molar-refractivity contribution in [3.63, 3.8) is 0 Å². The molecular weight excluding hydrogens is 406 g/mol. The molecule has 1 aliphatic rings. The predicted octanol–water partition coefficient (Wildman–Crippen LogP) is 6.23. The summed E-state index contributed by atoms with van der Waals surface area (Å²) < 4.78 is 0. The number of carbonyl (C=O) groups excluding carboxylic acids is 1. The molecule has 31 heavy (non-hydrogen) atoms. The Morgan fingerprint density at radius 1 is 1.10 bits per heavy atom. The molecule has 2 aromatic rings. The van der Waals surface area contributed by atoms with E-state index in [2.05, 4.69) is 58.2 Å². The minimum absolute atomic E-state index is 0.0291. The highest BCUT2D eigenvalue weighted by molar-refractivity contribution is 6.32. The summed E-state index contributed by atoms with van der Waals surface area (Å²) in [6.45, 7) is 13.8. The lowest BCUT2D eigenvalue weighted by Gasteiger charge is -2.64. The van der Waals surface area contributed by atoms with Crippen LogP contribution in [0.2, 0.25) is 5.02 Å². The Labute approximate surface area is 191 Å². The van der Waals surface area contributed by atoms with Gasteiger partial charge in [0.15, 0.2) is 0 Å². The second-order valence-electron chi connectivity index (χ2n) is 10.1. The SMILES string of the molecule is CC(C)c1ccc(C(=O)NCC2C(C)(C)C(Nc3ccc(C#N)c(Cl)c3)C2(C)C)cc1. The molecule has 1 saturated carbocycles. The van der Waals surface area contributed by atoms with E-state index in [1.807, 2.05) is 36.4 Å². The zero-order valence-electron chi connectivity index (χ0n) is 19.2. The van der Waals surface area contributed by atoms with E-state index in [0.717, 1.165) is 5.69 Å². The highest BCUT2D eigenvalue weighted by Crippen LogP contribution is 2.59. The van der Waals surface area contributed by atoms with Gasteiger partial charge in [0.2, 0.25) is 0 Å². The van der Waals surface area contributed by atoms with Crippen LogP contribution in [0.15, 0.2) is 42.5 Å². The minimum atomic E-state index is -0.0304. The van der Waals surface area contributed by atoms with Crippen molar-refractivity contribution in [1.29, 1.82) is 5.26 Å². The molecule has 2 aromatic carbocycles. The van der Waals surface area contributed by atoms with Gasteiger partial charge in [-0.1, -0.05) is 65.3 Å². The molecule has 0 atom stereocenters. The zero-order valence-corrected chi connectivity index (χ0v) is 20.0. The average molecular weight is 438 g/mol. The topological polar surface area (TPSA) is 64.9 Å². The Kier molecular flexibility index (Phi) is 6.39. The molecule has 0 aliphatic heterocycles. The number of anilines is 1. The van der Waals surface area contributed by atoms with E-state index in [4.69, 9.17) is 16.9 Å². The summed E-state index contributed by atoms with van der Waals surface area (Å²) in [5.41, 5.74) is 3.25. The molecule has 0 bridgehead atoms. The first-order chi connectivity index (χ1) is 14.5. The maximum atomic E-state index is 12.7. The molecule has 1 amide bonds. The van der Waals surface area contributed by atoms with Gasteiger partial charge >= 0.3 is 0 Å². The normalized spacial score (nSPS) is 21.1. The van der Waals surface area contributed by atoms with E-state index in [9.17, 15) is 4.79 Å². The van der Waals surface area contributed by atoms with Crippen LogP contribution in [0.25, 0.3) is 0 Å². The van der Waals surface area contributed by atoms with Gasteiger partial charge in [-0.25, -0.2) is 0 Å². The number of benzene rings is 2. The van der Waals surface area contributed by atoms with Gasteiger partial charge in [-0.15, -0.1) is 0 Å². The monoisotopic (exact) mass is 437 g/mol. The number of carbonyl (C=O) groups is 1. The minimum Gasteiger partial charge on any atom is -0.381 e. The smallest absolute Gasteiger partial charge is 0.251 e. The number of hydrogen-bond donors (Lipinski definition) is 2. The van der Waals surface area contributed by atoms with Gasteiger partial charge in [0.25, 0.3) is 5.91 Å². The van der Waals surface area contributed by atoms with E-state index in [0.29, 0.717) is 34.5 Å². The Morgan fingerprint density at radius 3 is 2.23 bits per heavy atom. The molecule has 0 saturated heterocycles. The van der Waals surface area contributed by atoms with Crippen molar-refractivity contribution in [2.45, 2.75) is 53.5 Å². The maximum Gasteiger partial charge on any atom is 0.251 e. The Bertz CT molecular complexity index is 986. The van der Waals surface area contributed by atoms with Crippen LogP contribution < -0.4 is 10.6 Å². The van der Waals surface area contributed by atoms with Crippen molar-refractivity contribution < 1.29 is 4.79 Å². The van der Waals surface area contributed by atoms with Crippen LogP contribution in [0.1, 0.15) is 68.9 Å². The van der Waals surface area contributed by atoms with Crippen LogP contribution in [0, 0.1) is 28.1 Å². The third-order valence-corrected chi connectivity index (χ3v) is 7.30. The molecule has 0 unspecified atom stereocenters. The zero-order chi connectivity index (χ0) is 23.0. The highest BCUT2D eigenvalue weighted by atomic mass is 35.5. The van der Waals surface area contributed by atoms with Crippen molar-refractivity contribution in [3.05, 3.63) is 64.2 Å². The van der Waals surface area contributed by atoms with E-state index >= 15 is 0 Å². The standard InChI is InChI=1S/C26H32ClN3O/c1-16(2)17-7-9-18(10-8-17)23(31)29-15-22-25(3,4)24(26(22,5)6)30-20-12-11-19(14-28)21(27)13-20/h7-13,16,22,24,30H,15H2,1-6H3,(H,29,31).